The van der Waals surface area contributed by atoms with Gasteiger partial charge < -0.3 is 4.90 Å². The van der Waals surface area contributed by atoms with Crippen molar-refractivity contribution in [2.45, 2.75) is 25.1 Å². The zero-order chi connectivity index (χ0) is 9.80. The zero-order valence-electron chi connectivity index (χ0n) is 8.53. The van der Waals surface area contributed by atoms with Crippen LogP contribution >= 0.6 is 24.0 Å². The first kappa shape index (κ1) is 12.5. The molecule has 5 heteroatoms. The maximum absolute atomic E-state index is 5.73. The van der Waals surface area contributed by atoms with Gasteiger partial charge in [0.05, 0.1) is 11.6 Å². The van der Waals surface area contributed by atoms with E-state index in [-0.39, 0.29) is 12.4 Å². The Balaban J connectivity index is 0.00000112. The van der Waals surface area contributed by atoms with Gasteiger partial charge in [-0.3, -0.25) is 0 Å². The summed E-state index contributed by atoms with van der Waals surface area (Å²) in [6.45, 7) is 2.22. The van der Waals surface area contributed by atoms with E-state index in [1.54, 1.807) is 6.33 Å². The maximum Gasteiger partial charge on any atom is 0.132 e. The summed E-state index contributed by atoms with van der Waals surface area (Å²) in [5, 5.41) is 0. The summed E-state index contributed by atoms with van der Waals surface area (Å²) in [7, 11) is 0. The van der Waals surface area contributed by atoms with Crippen LogP contribution in [-0.2, 0) is 5.88 Å². The van der Waals surface area contributed by atoms with Gasteiger partial charge in [-0.15, -0.1) is 24.0 Å². The largest absolute Gasteiger partial charge is 0.357 e. The minimum absolute atomic E-state index is 0. The summed E-state index contributed by atoms with van der Waals surface area (Å²) >= 11 is 5.73. The Morgan fingerprint density at radius 3 is 2.60 bits per heavy atom. The third-order valence-electron chi connectivity index (χ3n) is 2.53. The SMILES string of the molecule is Cl.ClCc1cc(N2CCCCC2)ncn1. The molecule has 2 rings (SSSR count). The van der Waals surface area contributed by atoms with Crippen molar-refractivity contribution in [1.29, 1.82) is 0 Å². The molecule has 1 aromatic heterocycles. The lowest BCUT2D eigenvalue weighted by atomic mass is 10.1. The molecule has 0 saturated carbocycles. The molecule has 0 bridgehead atoms. The molecule has 0 atom stereocenters. The van der Waals surface area contributed by atoms with E-state index < -0.39 is 0 Å². The van der Waals surface area contributed by atoms with Crippen molar-refractivity contribution in [3.63, 3.8) is 0 Å². The van der Waals surface area contributed by atoms with Crippen LogP contribution in [0.25, 0.3) is 0 Å². The average Bonchev–Trinajstić information content (AvgIpc) is 2.30. The molecular weight excluding hydrogens is 233 g/mol. The summed E-state index contributed by atoms with van der Waals surface area (Å²) in [6.07, 6.45) is 5.46. The van der Waals surface area contributed by atoms with Gasteiger partial charge >= 0.3 is 0 Å². The van der Waals surface area contributed by atoms with Gasteiger partial charge in [0.1, 0.15) is 12.1 Å². The van der Waals surface area contributed by atoms with Gasteiger partial charge in [0.25, 0.3) is 0 Å². The molecule has 2 heterocycles. The van der Waals surface area contributed by atoms with Gasteiger partial charge in [-0.05, 0) is 19.3 Å². The van der Waals surface area contributed by atoms with E-state index in [0.29, 0.717) is 5.88 Å². The number of piperidine rings is 1. The van der Waals surface area contributed by atoms with Crippen LogP contribution in [0.2, 0.25) is 0 Å². The predicted octanol–water partition coefficient (Wildman–Crippen LogP) is 2.63. The number of rotatable bonds is 2. The van der Waals surface area contributed by atoms with Gasteiger partial charge in [-0.1, -0.05) is 0 Å². The number of anilines is 1. The van der Waals surface area contributed by atoms with Crippen molar-refractivity contribution < 1.29 is 0 Å². The molecule has 1 aromatic rings. The Bertz CT molecular complexity index is 300. The summed E-state index contributed by atoms with van der Waals surface area (Å²) in [5.74, 6) is 1.49. The van der Waals surface area contributed by atoms with Crippen molar-refractivity contribution in [2.24, 2.45) is 0 Å². The van der Waals surface area contributed by atoms with Crippen LogP contribution in [0, 0.1) is 0 Å². The third kappa shape index (κ3) is 3.21. The summed E-state index contributed by atoms with van der Waals surface area (Å²) < 4.78 is 0. The molecular formula is C10H15Cl2N3. The van der Waals surface area contributed by atoms with Crippen LogP contribution in [0.4, 0.5) is 5.82 Å². The minimum atomic E-state index is 0. The van der Waals surface area contributed by atoms with E-state index in [1.807, 2.05) is 6.07 Å². The summed E-state index contributed by atoms with van der Waals surface area (Å²) in [4.78, 5) is 10.7. The van der Waals surface area contributed by atoms with Gasteiger partial charge in [-0.25, -0.2) is 9.97 Å². The Morgan fingerprint density at radius 2 is 1.93 bits per heavy atom. The van der Waals surface area contributed by atoms with E-state index in [9.17, 15) is 0 Å². The van der Waals surface area contributed by atoms with Crippen LogP contribution in [0.5, 0.6) is 0 Å². The van der Waals surface area contributed by atoms with Crippen molar-refractivity contribution in [3.05, 3.63) is 18.1 Å². The van der Waals surface area contributed by atoms with Gasteiger partial charge in [0, 0.05) is 19.2 Å². The molecule has 0 N–H and O–H groups in total. The van der Waals surface area contributed by atoms with E-state index in [1.165, 1.54) is 19.3 Å². The molecule has 15 heavy (non-hydrogen) atoms. The Labute approximate surface area is 101 Å². The van der Waals surface area contributed by atoms with Crippen molar-refractivity contribution >= 4 is 29.8 Å². The highest BCUT2D eigenvalue weighted by atomic mass is 35.5. The van der Waals surface area contributed by atoms with Crippen LogP contribution in [0.3, 0.4) is 0 Å². The number of aromatic nitrogens is 2. The van der Waals surface area contributed by atoms with Gasteiger partial charge in [0.2, 0.25) is 0 Å². The van der Waals surface area contributed by atoms with Crippen LogP contribution in [0.15, 0.2) is 12.4 Å². The lowest BCUT2D eigenvalue weighted by molar-refractivity contribution is 0.573. The summed E-state index contributed by atoms with van der Waals surface area (Å²) in [6, 6.07) is 1.98. The topological polar surface area (TPSA) is 29.0 Å². The van der Waals surface area contributed by atoms with Crippen LogP contribution in [-0.4, -0.2) is 23.1 Å². The fourth-order valence-electron chi connectivity index (χ4n) is 1.75. The number of halogens is 2. The molecule has 1 saturated heterocycles. The highest BCUT2D eigenvalue weighted by Gasteiger charge is 2.12. The van der Waals surface area contributed by atoms with E-state index >= 15 is 0 Å². The molecule has 0 radical (unpaired) electrons. The Morgan fingerprint density at radius 1 is 1.20 bits per heavy atom. The average molecular weight is 248 g/mol. The zero-order valence-corrected chi connectivity index (χ0v) is 10.1. The lowest BCUT2D eigenvalue weighted by Crippen LogP contribution is -2.30. The number of alkyl halides is 1. The third-order valence-corrected chi connectivity index (χ3v) is 2.80. The normalized spacial score (nSPS) is 15.9. The fourth-order valence-corrected chi connectivity index (χ4v) is 1.90. The van der Waals surface area contributed by atoms with E-state index in [4.69, 9.17) is 11.6 Å². The number of hydrogen-bond donors (Lipinski definition) is 0. The van der Waals surface area contributed by atoms with Gasteiger partial charge in [-0.2, -0.15) is 0 Å². The van der Waals surface area contributed by atoms with Gasteiger partial charge in [0.15, 0.2) is 0 Å². The highest BCUT2D eigenvalue weighted by Crippen LogP contribution is 2.17. The number of nitrogens with zero attached hydrogens (tertiary/aromatic N) is 3. The summed E-state index contributed by atoms with van der Waals surface area (Å²) in [5.41, 5.74) is 0.905. The van der Waals surface area contributed by atoms with E-state index in [2.05, 4.69) is 14.9 Å². The Hall–Kier alpha value is -0.540. The fraction of sp³-hybridized carbons (Fsp3) is 0.600. The lowest BCUT2D eigenvalue weighted by Gasteiger charge is -2.27. The molecule has 1 fully saturated rings. The monoisotopic (exact) mass is 247 g/mol. The maximum atomic E-state index is 5.73. The first-order valence-electron chi connectivity index (χ1n) is 5.02. The molecule has 0 amide bonds. The molecule has 0 unspecified atom stereocenters. The second-order valence-electron chi connectivity index (χ2n) is 3.55. The van der Waals surface area contributed by atoms with Crippen LogP contribution < -0.4 is 4.90 Å². The van der Waals surface area contributed by atoms with E-state index in [0.717, 1.165) is 24.6 Å². The van der Waals surface area contributed by atoms with Crippen molar-refractivity contribution in [1.82, 2.24) is 9.97 Å². The molecule has 1 aliphatic rings. The molecule has 0 aliphatic carbocycles. The first-order valence-corrected chi connectivity index (χ1v) is 5.55. The van der Waals surface area contributed by atoms with Crippen molar-refractivity contribution in [3.8, 4) is 0 Å². The molecule has 0 spiro atoms. The molecule has 1 aliphatic heterocycles. The Kier molecular flexibility index (Phi) is 5.12. The van der Waals surface area contributed by atoms with Crippen molar-refractivity contribution in [2.75, 3.05) is 18.0 Å². The smallest absolute Gasteiger partial charge is 0.132 e. The molecule has 3 nitrogen and oxygen atoms in total. The molecule has 0 aromatic carbocycles. The first-order chi connectivity index (χ1) is 6.90. The number of hydrogen-bond acceptors (Lipinski definition) is 3. The quantitative estimate of drug-likeness (QED) is 0.753. The second kappa shape index (κ2) is 6.13. The molecule has 84 valence electrons. The second-order valence-corrected chi connectivity index (χ2v) is 3.82. The highest BCUT2D eigenvalue weighted by molar-refractivity contribution is 6.16. The van der Waals surface area contributed by atoms with Crippen LogP contribution in [0.1, 0.15) is 25.0 Å². The predicted molar refractivity (Wildman–Crippen MR) is 64.9 cm³/mol. The standard InChI is InChI=1S/C10H14ClN3.ClH/c11-7-9-6-10(13-8-12-9)14-4-2-1-3-5-14;/h6,8H,1-5,7H2;1H. The minimum Gasteiger partial charge on any atom is -0.357 e.